The smallest absolute Gasteiger partial charge is 0.464 e. The molecule has 0 aliphatic heterocycles. The minimum atomic E-state index is -3.99. The summed E-state index contributed by atoms with van der Waals surface area (Å²) in [6, 6.07) is 0. The zero-order valence-electron chi connectivity index (χ0n) is 19.7. The van der Waals surface area contributed by atoms with E-state index in [2.05, 4.69) is 0 Å². The minimum Gasteiger partial charge on any atom is -0.464 e. The van der Waals surface area contributed by atoms with E-state index in [0.717, 1.165) is 38.5 Å². The van der Waals surface area contributed by atoms with Gasteiger partial charge in [-0.1, -0.05) is 59.3 Å². The van der Waals surface area contributed by atoms with E-state index >= 15 is 0 Å². The highest BCUT2D eigenvalue weighted by Gasteiger charge is 2.37. The van der Waals surface area contributed by atoms with E-state index in [-0.39, 0.29) is 19.8 Å². The fourth-order valence-electron chi connectivity index (χ4n) is 2.60. The van der Waals surface area contributed by atoms with Gasteiger partial charge in [-0.05, 0) is 19.3 Å². The molecule has 0 unspecified atom stereocenters. The van der Waals surface area contributed by atoms with Crippen LogP contribution >= 0.6 is 7.82 Å². The molecule has 0 saturated heterocycles. The first-order valence-electron chi connectivity index (χ1n) is 11.6. The van der Waals surface area contributed by atoms with E-state index < -0.39 is 44.8 Å². The van der Waals surface area contributed by atoms with E-state index in [1.165, 1.54) is 0 Å². The molecular weight excluding hydrogens is 443 g/mol. The molecule has 0 spiro atoms. The number of esters is 1. The summed E-state index contributed by atoms with van der Waals surface area (Å²) in [7, 11) is -3.99. The first-order valence-corrected chi connectivity index (χ1v) is 13.1. The quantitative estimate of drug-likeness (QED) is 0.108. The number of ether oxygens (including phenoxy) is 1. The van der Waals surface area contributed by atoms with Crippen LogP contribution in [0.1, 0.15) is 78.6 Å². The lowest BCUT2D eigenvalue weighted by atomic mass is 10.0. The molecule has 0 saturated carbocycles. The predicted molar refractivity (Wildman–Crippen MR) is 119 cm³/mol. The van der Waals surface area contributed by atoms with Crippen LogP contribution in [0.25, 0.3) is 0 Å². The van der Waals surface area contributed by atoms with Crippen molar-refractivity contribution >= 4 is 13.8 Å². The van der Waals surface area contributed by atoms with E-state index in [4.69, 9.17) is 18.3 Å². The molecule has 0 aromatic heterocycles. The second kappa shape index (κ2) is 18.8. The molecule has 0 aliphatic rings. The van der Waals surface area contributed by atoms with Crippen molar-refractivity contribution in [3.05, 3.63) is 0 Å². The fraction of sp³-hybridized carbons (Fsp3) is 0.952. The lowest BCUT2D eigenvalue weighted by molar-refractivity contribution is -0.170. The second-order valence-corrected chi connectivity index (χ2v) is 9.36. The van der Waals surface area contributed by atoms with Gasteiger partial charge in [0.05, 0.1) is 26.4 Å². The number of hydrogen-bond acceptors (Lipinski definition) is 10. The standard InChI is InChI=1S/C21H43O10P/c1-4-7-10-13-28-21(26)20(25)19(24)18(23)17(22)16-31-32(27,29-14-11-8-5-2)30-15-12-9-6-3/h17-20,22-25H,4-16H2,1-3H3/t17-,18-,19+,20-/m1/s1. The van der Waals surface area contributed by atoms with Crippen molar-refractivity contribution in [2.24, 2.45) is 0 Å². The maximum atomic E-state index is 12.8. The summed E-state index contributed by atoms with van der Waals surface area (Å²) in [6.07, 6.45) is -0.504. The van der Waals surface area contributed by atoms with Crippen molar-refractivity contribution < 1.29 is 48.1 Å². The van der Waals surface area contributed by atoms with E-state index in [9.17, 15) is 29.8 Å². The van der Waals surface area contributed by atoms with Crippen molar-refractivity contribution in [1.82, 2.24) is 0 Å². The number of aliphatic hydroxyl groups is 4. The van der Waals surface area contributed by atoms with Gasteiger partial charge < -0.3 is 25.2 Å². The molecule has 0 aliphatic carbocycles. The molecular formula is C21H43O10P. The Bertz CT molecular complexity index is 503. The summed E-state index contributed by atoms with van der Waals surface area (Å²) < 4.78 is 33.4. The largest absolute Gasteiger partial charge is 0.474 e. The van der Waals surface area contributed by atoms with Crippen LogP contribution < -0.4 is 0 Å². The van der Waals surface area contributed by atoms with Crippen LogP contribution in [0.4, 0.5) is 0 Å². The normalized spacial score (nSPS) is 15.8. The number of phosphoric ester groups is 1. The van der Waals surface area contributed by atoms with Gasteiger partial charge in [-0.2, -0.15) is 0 Å². The third kappa shape index (κ3) is 13.9. The Kier molecular flexibility index (Phi) is 18.5. The van der Waals surface area contributed by atoms with E-state index in [0.29, 0.717) is 19.3 Å². The van der Waals surface area contributed by atoms with Crippen LogP contribution in [0, 0.1) is 0 Å². The second-order valence-electron chi connectivity index (χ2n) is 7.69. The van der Waals surface area contributed by atoms with Crippen molar-refractivity contribution in [3.8, 4) is 0 Å². The lowest BCUT2D eigenvalue weighted by Gasteiger charge is -2.26. The number of aliphatic hydroxyl groups excluding tert-OH is 4. The molecule has 0 heterocycles. The summed E-state index contributed by atoms with van der Waals surface area (Å²) >= 11 is 0. The molecule has 32 heavy (non-hydrogen) atoms. The van der Waals surface area contributed by atoms with Crippen LogP contribution in [0.3, 0.4) is 0 Å². The van der Waals surface area contributed by atoms with Crippen molar-refractivity contribution in [3.63, 3.8) is 0 Å². The predicted octanol–water partition coefficient (Wildman–Crippen LogP) is 2.70. The molecule has 11 heteroatoms. The number of hydrogen-bond donors (Lipinski definition) is 4. The third-order valence-electron chi connectivity index (χ3n) is 4.70. The van der Waals surface area contributed by atoms with Gasteiger partial charge in [-0.15, -0.1) is 0 Å². The lowest BCUT2D eigenvalue weighted by Crippen LogP contribution is -2.49. The summed E-state index contributed by atoms with van der Waals surface area (Å²) in [5.41, 5.74) is 0. The Hall–Kier alpha value is -0.580. The van der Waals surface area contributed by atoms with Gasteiger partial charge in [-0.25, -0.2) is 9.36 Å². The number of rotatable bonds is 21. The number of phosphoric acid groups is 1. The highest BCUT2D eigenvalue weighted by atomic mass is 31.2. The molecule has 0 rings (SSSR count). The Morgan fingerprint density at radius 2 is 1.19 bits per heavy atom. The number of carbonyl (C=O) groups excluding carboxylic acids is 1. The van der Waals surface area contributed by atoms with Crippen LogP contribution in [-0.2, 0) is 27.7 Å². The summed E-state index contributed by atoms with van der Waals surface area (Å²) in [5.74, 6) is -1.11. The summed E-state index contributed by atoms with van der Waals surface area (Å²) in [5, 5.41) is 40.1. The summed E-state index contributed by atoms with van der Waals surface area (Å²) in [6.45, 7) is 5.66. The van der Waals surface area contributed by atoms with Crippen molar-refractivity contribution in [2.45, 2.75) is 103 Å². The first-order chi connectivity index (χ1) is 15.2. The molecule has 10 nitrogen and oxygen atoms in total. The van der Waals surface area contributed by atoms with Gasteiger partial charge in [0.25, 0.3) is 0 Å². The number of carbonyl (C=O) groups is 1. The first kappa shape index (κ1) is 31.4. The average molecular weight is 487 g/mol. The average Bonchev–Trinajstić information content (AvgIpc) is 2.79. The zero-order valence-corrected chi connectivity index (χ0v) is 20.6. The Balaban J connectivity index is 4.71. The van der Waals surface area contributed by atoms with Crippen LogP contribution in [0.15, 0.2) is 0 Å². The van der Waals surface area contributed by atoms with Gasteiger partial charge >= 0.3 is 13.8 Å². The molecule has 0 aromatic carbocycles. The molecule has 192 valence electrons. The summed E-state index contributed by atoms with van der Waals surface area (Å²) in [4.78, 5) is 11.8. The van der Waals surface area contributed by atoms with Gasteiger partial charge in [0.1, 0.15) is 18.3 Å². The maximum Gasteiger partial charge on any atom is 0.474 e. The van der Waals surface area contributed by atoms with Gasteiger partial charge in [0.15, 0.2) is 6.10 Å². The monoisotopic (exact) mass is 486 g/mol. The molecule has 0 radical (unpaired) electrons. The third-order valence-corrected chi connectivity index (χ3v) is 6.16. The Labute approximate surface area is 191 Å². The highest BCUT2D eigenvalue weighted by molar-refractivity contribution is 7.48. The molecule has 0 fully saturated rings. The minimum absolute atomic E-state index is 0.0755. The molecule has 0 bridgehead atoms. The molecule has 0 amide bonds. The topological polar surface area (TPSA) is 152 Å². The van der Waals surface area contributed by atoms with Gasteiger partial charge in [0, 0.05) is 0 Å². The molecule has 0 aromatic rings. The molecule has 4 atom stereocenters. The number of unbranched alkanes of at least 4 members (excludes halogenated alkanes) is 6. The van der Waals surface area contributed by atoms with Crippen molar-refractivity contribution in [1.29, 1.82) is 0 Å². The maximum absolute atomic E-state index is 12.8. The fourth-order valence-corrected chi connectivity index (χ4v) is 3.86. The Morgan fingerprint density at radius 3 is 1.66 bits per heavy atom. The van der Waals surface area contributed by atoms with Gasteiger partial charge in [0.2, 0.25) is 0 Å². The van der Waals surface area contributed by atoms with Crippen LogP contribution in [0.5, 0.6) is 0 Å². The van der Waals surface area contributed by atoms with E-state index in [1.54, 1.807) is 0 Å². The zero-order chi connectivity index (χ0) is 24.4. The van der Waals surface area contributed by atoms with E-state index in [1.807, 2.05) is 20.8 Å². The van der Waals surface area contributed by atoms with Gasteiger partial charge in [-0.3, -0.25) is 13.6 Å². The van der Waals surface area contributed by atoms with Crippen molar-refractivity contribution in [2.75, 3.05) is 26.4 Å². The highest BCUT2D eigenvalue weighted by Crippen LogP contribution is 2.50. The Morgan fingerprint density at radius 1 is 0.719 bits per heavy atom. The van der Waals surface area contributed by atoms with Crippen LogP contribution in [-0.4, -0.2) is 77.2 Å². The molecule has 4 N–H and O–H groups in total. The van der Waals surface area contributed by atoms with Crippen LogP contribution in [0.2, 0.25) is 0 Å². The SMILES string of the molecule is CCCCCOC(=O)[C@H](O)[C@@H](O)[C@H](O)[C@H](O)COP(=O)(OCCCCC)OCCCCC.